The van der Waals surface area contributed by atoms with E-state index in [0.717, 1.165) is 42.0 Å². The molecule has 1 N–H and O–H groups in total. The van der Waals surface area contributed by atoms with E-state index in [4.69, 9.17) is 4.99 Å². The highest BCUT2D eigenvalue weighted by Crippen LogP contribution is 2.31. The Morgan fingerprint density at radius 3 is 2.51 bits per heavy atom. The molecule has 0 amide bonds. The second-order valence-electron chi connectivity index (χ2n) is 8.76. The summed E-state index contributed by atoms with van der Waals surface area (Å²) in [6.45, 7) is 3.22. The summed E-state index contributed by atoms with van der Waals surface area (Å²) in [6, 6.07) is 22.9. The Morgan fingerprint density at radius 2 is 1.77 bits per heavy atom. The first-order chi connectivity index (χ1) is 17.2. The van der Waals surface area contributed by atoms with Crippen molar-refractivity contribution in [2.24, 2.45) is 4.99 Å². The minimum Gasteiger partial charge on any atom is -0.291 e. The van der Waals surface area contributed by atoms with Gasteiger partial charge in [-0.25, -0.2) is 10.1 Å². The minimum atomic E-state index is 0.0127. The highest BCUT2D eigenvalue weighted by Gasteiger charge is 2.31. The van der Waals surface area contributed by atoms with E-state index in [1.807, 2.05) is 12.1 Å². The molecular formula is C27H30N8. The van der Waals surface area contributed by atoms with Gasteiger partial charge >= 0.3 is 0 Å². The summed E-state index contributed by atoms with van der Waals surface area (Å²) >= 11 is 0. The molecule has 1 aliphatic rings. The molecular weight excluding hydrogens is 436 g/mol. The van der Waals surface area contributed by atoms with E-state index in [1.165, 1.54) is 24.0 Å². The zero-order valence-corrected chi connectivity index (χ0v) is 20.2. The third-order valence-electron chi connectivity index (χ3n) is 6.37. The van der Waals surface area contributed by atoms with Gasteiger partial charge in [0.15, 0.2) is 5.82 Å². The summed E-state index contributed by atoms with van der Waals surface area (Å²) in [6.07, 6.45) is 6.15. The molecule has 2 aromatic heterocycles. The number of hydrogen-bond acceptors (Lipinski definition) is 7. The lowest BCUT2D eigenvalue weighted by molar-refractivity contribution is 0.0545. The van der Waals surface area contributed by atoms with Crippen LogP contribution < -0.4 is 0 Å². The van der Waals surface area contributed by atoms with Crippen LogP contribution in [0.15, 0.2) is 77.9 Å². The predicted molar refractivity (Wildman–Crippen MR) is 137 cm³/mol. The summed E-state index contributed by atoms with van der Waals surface area (Å²) < 4.78 is 0. The average molecular weight is 467 g/mol. The van der Waals surface area contributed by atoms with Crippen LogP contribution in [0.3, 0.4) is 0 Å². The third-order valence-corrected chi connectivity index (χ3v) is 6.37. The Balaban J connectivity index is 1.38. The van der Waals surface area contributed by atoms with Crippen LogP contribution in [-0.4, -0.2) is 55.1 Å². The summed E-state index contributed by atoms with van der Waals surface area (Å²) in [4.78, 5) is 9.74. The van der Waals surface area contributed by atoms with Crippen LogP contribution in [0.25, 0.3) is 22.6 Å². The van der Waals surface area contributed by atoms with E-state index in [0.29, 0.717) is 5.82 Å². The van der Waals surface area contributed by atoms with Crippen molar-refractivity contribution in [2.75, 3.05) is 13.6 Å². The molecule has 35 heavy (non-hydrogen) atoms. The molecule has 1 atom stereocenters. The fourth-order valence-corrected chi connectivity index (χ4v) is 4.52. The van der Waals surface area contributed by atoms with Gasteiger partial charge in [0, 0.05) is 37.3 Å². The standard InChI is InChI=1S/C27H30N8/c1-3-4-8-18-35-24(29-27(34(35)2)22-10-6-5-7-11-22)19-20-13-15-21(16-14-20)25-23(12-9-17-28-25)26-30-32-33-31-26/h5-7,9-17,27H,3-4,8,18-19H2,1-2H3,(H,30,31,32,33). The average Bonchev–Trinajstić information content (AvgIpc) is 3.54. The summed E-state index contributed by atoms with van der Waals surface area (Å²) in [7, 11) is 2.14. The molecule has 0 spiro atoms. The maximum atomic E-state index is 5.15. The molecule has 0 aliphatic carbocycles. The van der Waals surface area contributed by atoms with Crippen molar-refractivity contribution in [3.05, 3.63) is 84.1 Å². The third kappa shape index (κ3) is 4.97. The van der Waals surface area contributed by atoms with Crippen molar-refractivity contribution in [3.8, 4) is 22.6 Å². The van der Waals surface area contributed by atoms with E-state index in [1.54, 1.807) is 6.20 Å². The second kappa shape index (κ2) is 10.6. The van der Waals surface area contributed by atoms with Gasteiger partial charge in [0.2, 0.25) is 0 Å². The number of hydrazine groups is 1. The van der Waals surface area contributed by atoms with Crippen molar-refractivity contribution in [2.45, 2.75) is 38.8 Å². The molecule has 8 heteroatoms. The summed E-state index contributed by atoms with van der Waals surface area (Å²) in [5, 5.41) is 18.9. The molecule has 5 rings (SSSR count). The number of rotatable bonds is 9. The van der Waals surface area contributed by atoms with Gasteiger partial charge in [-0.2, -0.15) is 5.01 Å². The lowest BCUT2D eigenvalue weighted by Crippen LogP contribution is -2.41. The van der Waals surface area contributed by atoms with Crippen molar-refractivity contribution >= 4 is 5.84 Å². The van der Waals surface area contributed by atoms with Crippen molar-refractivity contribution in [1.82, 2.24) is 35.6 Å². The number of aromatic nitrogens is 5. The van der Waals surface area contributed by atoms with Gasteiger partial charge in [0.1, 0.15) is 12.0 Å². The molecule has 3 heterocycles. The minimum absolute atomic E-state index is 0.0127. The Labute approximate surface area is 205 Å². The van der Waals surface area contributed by atoms with Gasteiger partial charge in [0.25, 0.3) is 0 Å². The summed E-state index contributed by atoms with van der Waals surface area (Å²) in [5.74, 6) is 1.71. The zero-order valence-electron chi connectivity index (χ0n) is 20.2. The van der Waals surface area contributed by atoms with E-state index >= 15 is 0 Å². The SMILES string of the molecule is CCCCCN1C(Cc2ccc(-c3ncccc3-c3nnn[nH]3)cc2)=NC(c2ccccc2)N1C. The number of tetrazole rings is 1. The normalized spacial score (nSPS) is 16.0. The van der Waals surface area contributed by atoms with Crippen LogP contribution in [-0.2, 0) is 6.42 Å². The molecule has 2 aromatic carbocycles. The fourth-order valence-electron chi connectivity index (χ4n) is 4.52. The first-order valence-electron chi connectivity index (χ1n) is 12.1. The fraction of sp³-hybridized carbons (Fsp3) is 0.296. The highest BCUT2D eigenvalue weighted by atomic mass is 15.7. The zero-order chi connectivity index (χ0) is 24.0. The van der Waals surface area contributed by atoms with Crippen LogP contribution in [0.5, 0.6) is 0 Å². The smallest absolute Gasteiger partial charge is 0.181 e. The lowest BCUT2D eigenvalue weighted by atomic mass is 10.0. The van der Waals surface area contributed by atoms with Crippen molar-refractivity contribution in [1.29, 1.82) is 0 Å². The van der Waals surface area contributed by atoms with Crippen LogP contribution >= 0.6 is 0 Å². The van der Waals surface area contributed by atoms with Gasteiger partial charge in [-0.3, -0.25) is 9.99 Å². The molecule has 1 unspecified atom stereocenters. The van der Waals surface area contributed by atoms with Crippen molar-refractivity contribution < 1.29 is 0 Å². The van der Waals surface area contributed by atoms with Crippen molar-refractivity contribution in [3.63, 3.8) is 0 Å². The van der Waals surface area contributed by atoms with E-state index < -0.39 is 0 Å². The number of pyridine rings is 1. The Morgan fingerprint density at radius 1 is 0.943 bits per heavy atom. The van der Waals surface area contributed by atoms with E-state index in [9.17, 15) is 0 Å². The molecule has 0 saturated heterocycles. The predicted octanol–water partition coefficient (Wildman–Crippen LogP) is 4.92. The number of benzene rings is 2. The van der Waals surface area contributed by atoms with Gasteiger partial charge in [0.05, 0.1) is 5.69 Å². The quantitative estimate of drug-likeness (QED) is 0.352. The van der Waals surface area contributed by atoms with Crippen LogP contribution in [0.4, 0.5) is 0 Å². The van der Waals surface area contributed by atoms with Gasteiger partial charge in [-0.05, 0) is 40.1 Å². The van der Waals surface area contributed by atoms with E-state index in [2.05, 4.69) is 104 Å². The lowest BCUT2D eigenvalue weighted by Gasteiger charge is -2.30. The monoisotopic (exact) mass is 466 g/mol. The number of H-pyrrole nitrogens is 1. The molecule has 4 aromatic rings. The van der Waals surface area contributed by atoms with E-state index in [-0.39, 0.29) is 6.17 Å². The number of nitrogens with zero attached hydrogens (tertiary/aromatic N) is 7. The van der Waals surface area contributed by atoms with Crippen LogP contribution in [0.1, 0.15) is 43.5 Å². The number of aliphatic imine (C=N–C) groups is 1. The number of nitrogens with one attached hydrogen (secondary N) is 1. The van der Waals surface area contributed by atoms with Gasteiger partial charge in [-0.1, -0.05) is 74.4 Å². The topological polar surface area (TPSA) is 86.2 Å². The van der Waals surface area contributed by atoms with Crippen LogP contribution in [0.2, 0.25) is 0 Å². The first kappa shape index (κ1) is 22.9. The Bertz CT molecular complexity index is 1250. The molecule has 178 valence electrons. The van der Waals surface area contributed by atoms with Gasteiger partial charge < -0.3 is 0 Å². The summed E-state index contributed by atoms with van der Waals surface area (Å²) in [5.41, 5.74) is 5.17. The molecule has 1 aliphatic heterocycles. The maximum absolute atomic E-state index is 5.15. The number of aromatic amines is 1. The molecule has 0 saturated carbocycles. The van der Waals surface area contributed by atoms with Crippen LogP contribution in [0, 0.1) is 0 Å². The largest absolute Gasteiger partial charge is 0.291 e. The highest BCUT2D eigenvalue weighted by molar-refractivity contribution is 5.86. The number of hydrogen-bond donors (Lipinski definition) is 1. The molecule has 0 radical (unpaired) electrons. The van der Waals surface area contributed by atoms with Gasteiger partial charge in [-0.15, -0.1) is 5.10 Å². The Hall–Kier alpha value is -3.91. The Kier molecular flexibility index (Phi) is 6.90. The number of amidine groups is 1. The second-order valence-corrected chi connectivity index (χ2v) is 8.76. The number of unbranched alkanes of at least 4 members (excludes halogenated alkanes) is 2. The molecule has 0 fully saturated rings. The molecule has 0 bridgehead atoms. The molecule has 8 nitrogen and oxygen atoms in total. The maximum Gasteiger partial charge on any atom is 0.181 e. The first-order valence-corrected chi connectivity index (χ1v) is 12.1.